The lowest BCUT2D eigenvalue weighted by Crippen LogP contribution is -2.28. The summed E-state index contributed by atoms with van der Waals surface area (Å²) in [7, 11) is 3.96. The number of ether oxygens (including phenoxy) is 1. The number of carbonyl (C=O) groups is 1. The number of benzene rings is 2. The van der Waals surface area contributed by atoms with Crippen molar-refractivity contribution in [3.8, 4) is 5.75 Å². The number of halogens is 2. The van der Waals surface area contributed by atoms with Gasteiger partial charge in [-0.25, -0.2) is 4.79 Å². The maximum Gasteiger partial charge on any atom is 0.387 e. The minimum atomic E-state index is -2.91. The highest BCUT2D eigenvalue weighted by Crippen LogP contribution is 2.19. The van der Waals surface area contributed by atoms with E-state index in [9.17, 15) is 13.6 Å². The van der Waals surface area contributed by atoms with Gasteiger partial charge in [0.05, 0.1) is 0 Å². The van der Waals surface area contributed by atoms with E-state index in [1.165, 1.54) is 18.2 Å². The fourth-order valence-corrected chi connectivity index (χ4v) is 2.33. The Hall–Kier alpha value is -2.67. The van der Waals surface area contributed by atoms with E-state index < -0.39 is 12.6 Å². The molecule has 0 radical (unpaired) electrons. The smallest absolute Gasteiger partial charge is 0.387 e. The van der Waals surface area contributed by atoms with Crippen molar-refractivity contribution in [2.75, 3.05) is 19.4 Å². The second-order valence-corrected chi connectivity index (χ2v) is 5.72. The molecule has 2 aromatic carbocycles. The van der Waals surface area contributed by atoms with E-state index in [1.807, 2.05) is 43.3 Å². The zero-order valence-corrected chi connectivity index (χ0v) is 14.1. The highest BCUT2D eigenvalue weighted by molar-refractivity contribution is 5.89. The normalized spacial score (nSPS) is 10.8. The zero-order chi connectivity index (χ0) is 18.2. The summed E-state index contributed by atoms with van der Waals surface area (Å²) in [5.41, 5.74) is 2.51. The molecule has 0 aromatic heterocycles. The maximum atomic E-state index is 12.2. The number of nitrogens with zero attached hydrogens (tertiary/aromatic N) is 1. The molecule has 0 atom stereocenters. The Morgan fingerprint density at radius 3 is 2.52 bits per heavy atom. The summed E-state index contributed by atoms with van der Waals surface area (Å²) in [4.78, 5) is 14.1. The van der Waals surface area contributed by atoms with Crippen LogP contribution >= 0.6 is 0 Å². The third-order valence-corrected chi connectivity index (χ3v) is 3.36. The number of hydrogen-bond donors (Lipinski definition) is 2. The molecule has 0 unspecified atom stereocenters. The van der Waals surface area contributed by atoms with Crippen LogP contribution in [0.15, 0.2) is 48.5 Å². The van der Waals surface area contributed by atoms with E-state index in [1.54, 1.807) is 6.07 Å². The van der Waals surface area contributed by atoms with Crippen LogP contribution in [-0.4, -0.2) is 31.6 Å². The summed E-state index contributed by atoms with van der Waals surface area (Å²) in [5, 5.41) is 5.36. The molecule has 2 aromatic rings. The molecular formula is C18H21F2N3O2. The first-order valence-corrected chi connectivity index (χ1v) is 7.75. The summed E-state index contributed by atoms with van der Waals surface area (Å²) in [5.74, 6) is -0.0101. The van der Waals surface area contributed by atoms with Gasteiger partial charge in [-0.1, -0.05) is 30.3 Å². The van der Waals surface area contributed by atoms with Crippen molar-refractivity contribution in [1.29, 1.82) is 0 Å². The van der Waals surface area contributed by atoms with Crippen molar-refractivity contribution in [2.24, 2.45) is 0 Å². The zero-order valence-electron chi connectivity index (χ0n) is 14.1. The van der Waals surface area contributed by atoms with Crippen LogP contribution in [0, 0.1) is 0 Å². The van der Waals surface area contributed by atoms with E-state index in [0.717, 1.165) is 17.7 Å². The van der Waals surface area contributed by atoms with Gasteiger partial charge in [0.1, 0.15) is 5.75 Å². The van der Waals surface area contributed by atoms with Crippen LogP contribution in [0.1, 0.15) is 11.1 Å². The highest BCUT2D eigenvalue weighted by Gasteiger charge is 2.08. The number of anilines is 1. The monoisotopic (exact) mass is 349 g/mol. The maximum absolute atomic E-state index is 12.2. The number of urea groups is 1. The fourth-order valence-electron chi connectivity index (χ4n) is 2.33. The number of amides is 2. The minimum absolute atomic E-state index is 0.0101. The molecule has 0 aliphatic rings. The first-order valence-electron chi connectivity index (χ1n) is 7.75. The van der Waals surface area contributed by atoms with Crippen LogP contribution in [0.3, 0.4) is 0 Å². The van der Waals surface area contributed by atoms with E-state index in [4.69, 9.17) is 0 Å². The molecule has 0 aliphatic carbocycles. The highest BCUT2D eigenvalue weighted by atomic mass is 19.3. The molecule has 2 rings (SSSR count). The Balaban J connectivity index is 1.93. The second-order valence-electron chi connectivity index (χ2n) is 5.72. The van der Waals surface area contributed by atoms with Gasteiger partial charge >= 0.3 is 12.6 Å². The van der Waals surface area contributed by atoms with Crippen LogP contribution in [0.5, 0.6) is 5.75 Å². The van der Waals surface area contributed by atoms with Crippen molar-refractivity contribution in [3.05, 3.63) is 59.7 Å². The molecule has 25 heavy (non-hydrogen) atoms. The summed E-state index contributed by atoms with van der Waals surface area (Å²) in [6, 6.07) is 13.3. The minimum Gasteiger partial charge on any atom is -0.435 e. The quantitative estimate of drug-likeness (QED) is 0.802. The molecule has 2 amide bonds. The molecule has 0 fully saturated rings. The number of rotatable bonds is 7. The largest absolute Gasteiger partial charge is 0.435 e. The molecule has 134 valence electrons. The van der Waals surface area contributed by atoms with Crippen molar-refractivity contribution in [3.63, 3.8) is 0 Å². The van der Waals surface area contributed by atoms with E-state index in [0.29, 0.717) is 12.2 Å². The molecule has 5 nitrogen and oxygen atoms in total. The fraction of sp³-hybridized carbons (Fsp3) is 0.278. The van der Waals surface area contributed by atoms with Gasteiger partial charge in [-0.3, -0.25) is 0 Å². The molecule has 7 heteroatoms. The Bertz CT molecular complexity index is 708. The Morgan fingerprint density at radius 2 is 1.84 bits per heavy atom. The average Bonchev–Trinajstić information content (AvgIpc) is 2.53. The summed E-state index contributed by atoms with van der Waals surface area (Å²) >= 11 is 0. The first kappa shape index (κ1) is 18.7. The van der Waals surface area contributed by atoms with Gasteiger partial charge in [-0.2, -0.15) is 8.78 Å². The number of carbonyl (C=O) groups excluding carboxylic acids is 1. The van der Waals surface area contributed by atoms with Crippen LogP contribution in [0.25, 0.3) is 0 Å². The molecule has 2 N–H and O–H groups in total. The predicted octanol–water partition coefficient (Wildman–Crippen LogP) is 3.67. The van der Waals surface area contributed by atoms with Gasteiger partial charge in [-0.05, 0) is 37.4 Å². The molecule has 0 saturated heterocycles. The van der Waals surface area contributed by atoms with Gasteiger partial charge in [0.2, 0.25) is 0 Å². The second kappa shape index (κ2) is 8.98. The van der Waals surface area contributed by atoms with Crippen molar-refractivity contribution in [2.45, 2.75) is 19.7 Å². The van der Waals surface area contributed by atoms with Gasteiger partial charge in [0.25, 0.3) is 0 Å². The number of nitrogens with one attached hydrogen (secondary N) is 2. The van der Waals surface area contributed by atoms with Crippen LogP contribution in [-0.2, 0) is 13.1 Å². The SMILES string of the molecule is CN(C)Cc1ccccc1CNC(=O)Nc1cccc(OC(F)F)c1. The van der Waals surface area contributed by atoms with Crippen molar-refractivity contribution < 1.29 is 18.3 Å². The summed E-state index contributed by atoms with van der Waals surface area (Å²) < 4.78 is 28.8. The van der Waals surface area contributed by atoms with Crippen LogP contribution in [0.4, 0.5) is 19.3 Å². The van der Waals surface area contributed by atoms with Gasteiger partial charge in [0.15, 0.2) is 0 Å². The number of alkyl halides is 2. The van der Waals surface area contributed by atoms with E-state index in [2.05, 4.69) is 15.4 Å². The van der Waals surface area contributed by atoms with Crippen molar-refractivity contribution in [1.82, 2.24) is 10.2 Å². The Labute approximate surface area is 145 Å². The summed E-state index contributed by atoms with van der Waals surface area (Å²) in [6.45, 7) is -1.77. The lowest BCUT2D eigenvalue weighted by atomic mass is 10.1. The lowest BCUT2D eigenvalue weighted by molar-refractivity contribution is -0.0497. The molecule has 0 aliphatic heterocycles. The molecular weight excluding hydrogens is 328 g/mol. The topological polar surface area (TPSA) is 53.6 Å². The van der Waals surface area contributed by atoms with Crippen LogP contribution in [0.2, 0.25) is 0 Å². The first-order chi connectivity index (χ1) is 11.9. The Morgan fingerprint density at radius 1 is 1.12 bits per heavy atom. The predicted molar refractivity (Wildman–Crippen MR) is 92.8 cm³/mol. The summed E-state index contributed by atoms with van der Waals surface area (Å²) in [6.07, 6.45) is 0. The third-order valence-electron chi connectivity index (χ3n) is 3.36. The molecule has 0 saturated carbocycles. The Kier molecular flexibility index (Phi) is 6.71. The van der Waals surface area contributed by atoms with E-state index in [-0.39, 0.29) is 5.75 Å². The van der Waals surface area contributed by atoms with Gasteiger partial charge in [0, 0.05) is 24.8 Å². The average molecular weight is 349 g/mol. The van der Waals surface area contributed by atoms with Crippen LogP contribution < -0.4 is 15.4 Å². The van der Waals surface area contributed by atoms with E-state index >= 15 is 0 Å². The third kappa shape index (κ3) is 6.39. The molecule has 0 bridgehead atoms. The van der Waals surface area contributed by atoms with Gasteiger partial charge in [-0.15, -0.1) is 0 Å². The van der Waals surface area contributed by atoms with Gasteiger partial charge < -0.3 is 20.3 Å². The molecule has 0 heterocycles. The number of hydrogen-bond acceptors (Lipinski definition) is 3. The molecule has 0 spiro atoms. The van der Waals surface area contributed by atoms with Crippen molar-refractivity contribution >= 4 is 11.7 Å². The lowest BCUT2D eigenvalue weighted by Gasteiger charge is -2.15. The standard InChI is InChI=1S/C18H21F2N3O2/c1-23(2)12-14-7-4-3-6-13(14)11-21-18(24)22-15-8-5-9-16(10-15)25-17(19)20/h3-10,17H,11-12H2,1-2H3,(H2,21,22,24).